The highest BCUT2D eigenvalue weighted by Gasteiger charge is 2.41. The standard InChI is InChI=1S/C22H27N5/c1-16-8-10-19(11-9-16)23-22(14-12-17(2)13-15-22)21-24-25-26-27(21)20-7-5-4-6-18(20)3/h4-11,17,23H,12-15H2,1-3H3. The van der Waals surface area contributed by atoms with Crippen molar-refractivity contribution in [3.05, 3.63) is 65.5 Å². The van der Waals surface area contributed by atoms with Gasteiger partial charge >= 0.3 is 0 Å². The molecule has 4 rings (SSSR count). The van der Waals surface area contributed by atoms with Crippen LogP contribution in [0.3, 0.4) is 0 Å². The van der Waals surface area contributed by atoms with Crippen molar-refractivity contribution < 1.29 is 0 Å². The molecule has 0 unspecified atom stereocenters. The lowest BCUT2D eigenvalue weighted by Gasteiger charge is -2.39. The predicted molar refractivity (Wildman–Crippen MR) is 108 cm³/mol. The summed E-state index contributed by atoms with van der Waals surface area (Å²) < 4.78 is 1.92. The van der Waals surface area contributed by atoms with Gasteiger partial charge in [-0.05, 0) is 79.6 Å². The Hall–Kier alpha value is -2.69. The molecule has 3 aromatic rings. The first-order valence-corrected chi connectivity index (χ1v) is 9.77. The SMILES string of the molecule is Cc1ccc(NC2(c3nnnn3-c3ccccc3C)CCC(C)CC2)cc1. The summed E-state index contributed by atoms with van der Waals surface area (Å²) in [6, 6.07) is 16.9. The van der Waals surface area contributed by atoms with Gasteiger partial charge in [-0.25, -0.2) is 0 Å². The van der Waals surface area contributed by atoms with Crippen LogP contribution in [0.5, 0.6) is 0 Å². The number of anilines is 1. The number of aryl methyl sites for hydroxylation is 2. The fraction of sp³-hybridized carbons (Fsp3) is 0.409. The topological polar surface area (TPSA) is 55.6 Å². The van der Waals surface area contributed by atoms with Crippen LogP contribution in [0.1, 0.15) is 49.6 Å². The molecule has 0 spiro atoms. The quantitative estimate of drug-likeness (QED) is 0.725. The maximum absolute atomic E-state index is 4.51. The second-order valence-corrected chi connectivity index (χ2v) is 7.96. The number of nitrogens with one attached hydrogen (secondary N) is 1. The van der Waals surface area contributed by atoms with Crippen LogP contribution in [0, 0.1) is 19.8 Å². The summed E-state index contributed by atoms with van der Waals surface area (Å²) in [5.41, 5.74) is 4.33. The molecule has 1 N–H and O–H groups in total. The first-order valence-electron chi connectivity index (χ1n) is 9.77. The van der Waals surface area contributed by atoms with E-state index in [4.69, 9.17) is 0 Å². The number of rotatable bonds is 4. The maximum Gasteiger partial charge on any atom is 0.181 e. The van der Waals surface area contributed by atoms with Gasteiger partial charge in [0.05, 0.1) is 11.2 Å². The molecule has 2 aromatic carbocycles. The van der Waals surface area contributed by atoms with Crippen LogP contribution in [-0.2, 0) is 5.54 Å². The van der Waals surface area contributed by atoms with E-state index in [1.807, 2.05) is 16.8 Å². The predicted octanol–water partition coefficient (Wildman–Crippen LogP) is 4.80. The lowest BCUT2D eigenvalue weighted by molar-refractivity contribution is 0.255. The highest BCUT2D eigenvalue weighted by Crippen LogP contribution is 2.41. The van der Waals surface area contributed by atoms with E-state index in [9.17, 15) is 0 Å². The van der Waals surface area contributed by atoms with Gasteiger partial charge in [0, 0.05) is 5.69 Å². The van der Waals surface area contributed by atoms with Gasteiger partial charge < -0.3 is 5.32 Å². The highest BCUT2D eigenvalue weighted by atomic mass is 15.6. The summed E-state index contributed by atoms with van der Waals surface area (Å²) in [6.07, 6.45) is 4.38. The molecule has 0 amide bonds. The van der Waals surface area contributed by atoms with Crippen molar-refractivity contribution in [3.63, 3.8) is 0 Å². The van der Waals surface area contributed by atoms with Crippen LogP contribution in [-0.4, -0.2) is 20.2 Å². The molecule has 5 nitrogen and oxygen atoms in total. The Labute approximate surface area is 160 Å². The molecule has 1 aliphatic rings. The van der Waals surface area contributed by atoms with Crippen molar-refractivity contribution in [1.82, 2.24) is 20.2 Å². The molecule has 1 aliphatic carbocycles. The Morgan fingerprint density at radius 3 is 2.41 bits per heavy atom. The molecule has 140 valence electrons. The Morgan fingerprint density at radius 1 is 1.00 bits per heavy atom. The van der Waals surface area contributed by atoms with Crippen LogP contribution < -0.4 is 5.32 Å². The van der Waals surface area contributed by atoms with E-state index in [-0.39, 0.29) is 5.54 Å². The van der Waals surface area contributed by atoms with E-state index in [0.717, 1.165) is 36.0 Å². The molecule has 0 atom stereocenters. The minimum absolute atomic E-state index is 0.256. The Balaban J connectivity index is 1.77. The normalized spacial score (nSPS) is 22.6. The van der Waals surface area contributed by atoms with Gasteiger partial charge in [-0.15, -0.1) is 5.10 Å². The van der Waals surface area contributed by atoms with E-state index >= 15 is 0 Å². The summed E-state index contributed by atoms with van der Waals surface area (Å²) in [5, 5.41) is 16.7. The molecule has 0 saturated heterocycles. The van der Waals surface area contributed by atoms with Gasteiger partial charge in [0.1, 0.15) is 0 Å². The molecule has 1 heterocycles. The van der Waals surface area contributed by atoms with Crippen molar-refractivity contribution in [2.24, 2.45) is 5.92 Å². The number of aromatic nitrogens is 4. The smallest absolute Gasteiger partial charge is 0.181 e. The van der Waals surface area contributed by atoms with Gasteiger partial charge in [0.15, 0.2) is 5.82 Å². The monoisotopic (exact) mass is 361 g/mol. The second kappa shape index (κ2) is 7.14. The van der Waals surface area contributed by atoms with E-state index in [2.05, 4.69) is 78.0 Å². The Bertz CT molecular complexity index is 904. The number of tetrazole rings is 1. The fourth-order valence-electron chi connectivity index (χ4n) is 4.02. The highest BCUT2D eigenvalue weighted by molar-refractivity contribution is 5.49. The number of para-hydroxylation sites is 1. The Morgan fingerprint density at radius 2 is 1.70 bits per heavy atom. The van der Waals surface area contributed by atoms with Gasteiger partial charge in [-0.1, -0.05) is 42.8 Å². The average Bonchev–Trinajstić information content (AvgIpc) is 3.16. The molecule has 0 bridgehead atoms. The lowest BCUT2D eigenvalue weighted by atomic mass is 9.76. The van der Waals surface area contributed by atoms with Crippen molar-refractivity contribution in [3.8, 4) is 5.69 Å². The summed E-state index contributed by atoms with van der Waals surface area (Å²) in [7, 11) is 0. The summed E-state index contributed by atoms with van der Waals surface area (Å²) in [5.74, 6) is 1.64. The van der Waals surface area contributed by atoms with Crippen LogP contribution >= 0.6 is 0 Å². The summed E-state index contributed by atoms with van der Waals surface area (Å²) in [4.78, 5) is 0. The van der Waals surface area contributed by atoms with Crippen LogP contribution in [0.25, 0.3) is 5.69 Å². The van der Waals surface area contributed by atoms with Gasteiger partial charge in [-0.2, -0.15) is 4.68 Å². The zero-order chi connectivity index (χ0) is 18.9. The van der Waals surface area contributed by atoms with E-state index in [1.165, 1.54) is 24.0 Å². The summed E-state index contributed by atoms with van der Waals surface area (Å²) >= 11 is 0. The maximum atomic E-state index is 4.51. The van der Waals surface area contributed by atoms with Gasteiger partial charge in [0.25, 0.3) is 0 Å². The molecular weight excluding hydrogens is 334 g/mol. The minimum atomic E-state index is -0.256. The van der Waals surface area contributed by atoms with Crippen LogP contribution in [0.2, 0.25) is 0 Å². The number of hydrogen-bond donors (Lipinski definition) is 1. The first-order chi connectivity index (χ1) is 13.1. The number of nitrogens with zero attached hydrogens (tertiary/aromatic N) is 4. The fourth-order valence-corrected chi connectivity index (χ4v) is 4.02. The van der Waals surface area contributed by atoms with Crippen molar-refractivity contribution in [2.45, 2.75) is 52.0 Å². The van der Waals surface area contributed by atoms with E-state index in [0.29, 0.717) is 0 Å². The van der Waals surface area contributed by atoms with Crippen LogP contribution in [0.15, 0.2) is 48.5 Å². The number of benzene rings is 2. The van der Waals surface area contributed by atoms with Crippen LogP contribution in [0.4, 0.5) is 5.69 Å². The molecule has 1 saturated carbocycles. The molecule has 0 radical (unpaired) electrons. The van der Waals surface area contributed by atoms with Gasteiger partial charge in [0.2, 0.25) is 0 Å². The second-order valence-electron chi connectivity index (χ2n) is 7.96. The minimum Gasteiger partial charge on any atom is -0.373 e. The zero-order valence-corrected chi connectivity index (χ0v) is 16.3. The average molecular weight is 361 g/mol. The zero-order valence-electron chi connectivity index (χ0n) is 16.3. The first kappa shape index (κ1) is 17.7. The largest absolute Gasteiger partial charge is 0.373 e. The lowest BCUT2D eigenvalue weighted by Crippen LogP contribution is -2.41. The molecule has 0 aliphatic heterocycles. The molecule has 5 heteroatoms. The molecule has 27 heavy (non-hydrogen) atoms. The molecule has 1 aromatic heterocycles. The van der Waals surface area contributed by atoms with Crippen molar-refractivity contribution in [1.29, 1.82) is 0 Å². The van der Waals surface area contributed by atoms with E-state index < -0.39 is 0 Å². The third kappa shape index (κ3) is 3.46. The molecule has 1 fully saturated rings. The Kier molecular flexibility index (Phi) is 4.68. The molecular formula is C22H27N5. The van der Waals surface area contributed by atoms with Crippen molar-refractivity contribution >= 4 is 5.69 Å². The van der Waals surface area contributed by atoms with Crippen molar-refractivity contribution in [2.75, 3.05) is 5.32 Å². The third-order valence-electron chi connectivity index (χ3n) is 5.80. The van der Waals surface area contributed by atoms with E-state index in [1.54, 1.807) is 0 Å². The van der Waals surface area contributed by atoms with Gasteiger partial charge in [-0.3, -0.25) is 0 Å². The summed E-state index contributed by atoms with van der Waals surface area (Å²) in [6.45, 7) is 6.55. The number of hydrogen-bond acceptors (Lipinski definition) is 4. The third-order valence-corrected chi connectivity index (χ3v) is 5.80.